The number of amides is 3. The van der Waals surface area contributed by atoms with E-state index in [2.05, 4.69) is 21.0 Å². The summed E-state index contributed by atoms with van der Waals surface area (Å²) in [5, 5.41) is 12.7. The Hall–Kier alpha value is -4.87. The molecule has 12 heteroatoms. The fraction of sp³-hybridized carbons (Fsp3) is 0.424. The number of nitrogens with one attached hydrogen (secondary N) is 3. The number of hydrogen-bond acceptors (Lipinski definition) is 8. The van der Waals surface area contributed by atoms with Crippen molar-refractivity contribution in [1.29, 1.82) is 0 Å². The second kappa shape index (κ2) is 16.3. The molecule has 0 unspecified atom stereocenters. The molecule has 45 heavy (non-hydrogen) atoms. The highest BCUT2D eigenvalue weighted by Crippen LogP contribution is 2.27. The molecule has 1 aliphatic rings. The molecule has 240 valence electrons. The standard InChI is InChI=1S/C33H41N5O7/c1-22-19-29(38(2)37-22)31(40)36-28(13-8-18-34-33(42)45-21-23-9-5-4-6-10-23)30(39)35-27-12-7-11-26(27)32(41)44-20-24-14-16-25(43-3)17-15-24/h4-6,9-10,14-17,19,26-28H,7-8,11-13,18,20-21H2,1-3H3,(H,34,42)(H,35,39)(H,36,40)/t26-,27+,28+/m1/s1. The molecule has 1 heterocycles. The predicted octanol–water partition coefficient (Wildman–Crippen LogP) is 3.57. The summed E-state index contributed by atoms with van der Waals surface area (Å²) in [5.41, 5.74) is 2.68. The molecule has 0 radical (unpaired) electrons. The van der Waals surface area contributed by atoms with Crippen molar-refractivity contribution in [2.24, 2.45) is 13.0 Å². The monoisotopic (exact) mass is 619 g/mol. The van der Waals surface area contributed by atoms with Crippen molar-refractivity contribution in [2.75, 3.05) is 13.7 Å². The molecule has 3 aromatic rings. The second-order valence-corrected chi connectivity index (χ2v) is 11.1. The molecule has 0 aliphatic heterocycles. The van der Waals surface area contributed by atoms with Crippen LogP contribution in [0.2, 0.25) is 0 Å². The average molecular weight is 620 g/mol. The highest BCUT2D eigenvalue weighted by atomic mass is 16.5. The highest BCUT2D eigenvalue weighted by molar-refractivity contribution is 5.96. The molecule has 0 bridgehead atoms. The van der Waals surface area contributed by atoms with Crippen LogP contribution in [0, 0.1) is 12.8 Å². The third-order valence-corrected chi connectivity index (χ3v) is 7.69. The van der Waals surface area contributed by atoms with Crippen molar-refractivity contribution in [3.8, 4) is 5.75 Å². The Morgan fingerprint density at radius 1 is 0.978 bits per heavy atom. The Labute approximate surface area is 262 Å². The fourth-order valence-corrected chi connectivity index (χ4v) is 5.28. The van der Waals surface area contributed by atoms with Crippen molar-refractivity contribution < 1.29 is 33.4 Å². The summed E-state index contributed by atoms with van der Waals surface area (Å²) in [4.78, 5) is 51.8. The first-order chi connectivity index (χ1) is 21.7. The van der Waals surface area contributed by atoms with Crippen LogP contribution >= 0.6 is 0 Å². The topological polar surface area (TPSA) is 150 Å². The number of aromatic nitrogens is 2. The Balaban J connectivity index is 1.32. The zero-order chi connectivity index (χ0) is 32.2. The van der Waals surface area contributed by atoms with Gasteiger partial charge >= 0.3 is 12.1 Å². The summed E-state index contributed by atoms with van der Waals surface area (Å²) in [6.45, 7) is 2.27. The molecule has 2 aromatic carbocycles. The minimum Gasteiger partial charge on any atom is -0.497 e. The van der Waals surface area contributed by atoms with Crippen LogP contribution in [0.1, 0.15) is 59.4 Å². The van der Waals surface area contributed by atoms with Crippen LogP contribution in [0.15, 0.2) is 60.7 Å². The van der Waals surface area contributed by atoms with Gasteiger partial charge in [0.1, 0.15) is 30.7 Å². The molecule has 0 saturated heterocycles. The first-order valence-corrected chi connectivity index (χ1v) is 15.1. The molecule has 1 aliphatic carbocycles. The van der Waals surface area contributed by atoms with Crippen LogP contribution < -0.4 is 20.7 Å². The van der Waals surface area contributed by atoms with Crippen molar-refractivity contribution in [3.63, 3.8) is 0 Å². The largest absolute Gasteiger partial charge is 0.497 e. The minimum atomic E-state index is -0.911. The molecular weight excluding hydrogens is 578 g/mol. The van der Waals surface area contributed by atoms with E-state index in [9.17, 15) is 19.2 Å². The Bertz CT molecular complexity index is 1440. The first kappa shape index (κ1) is 33.0. The first-order valence-electron chi connectivity index (χ1n) is 15.1. The third kappa shape index (κ3) is 9.82. The number of alkyl carbamates (subject to hydrolysis) is 1. The van der Waals surface area contributed by atoms with Crippen LogP contribution in [-0.4, -0.2) is 59.4 Å². The molecule has 0 spiro atoms. The van der Waals surface area contributed by atoms with Crippen molar-refractivity contribution in [1.82, 2.24) is 25.7 Å². The molecular formula is C33H41N5O7. The Morgan fingerprint density at radius 2 is 1.69 bits per heavy atom. The lowest BCUT2D eigenvalue weighted by Gasteiger charge is -2.24. The summed E-state index contributed by atoms with van der Waals surface area (Å²) < 4.78 is 17.4. The van der Waals surface area contributed by atoms with Gasteiger partial charge < -0.3 is 30.2 Å². The van der Waals surface area contributed by atoms with Crippen molar-refractivity contribution in [3.05, 3.63) is 83.2 Å². The van der Waals surface area contributed by atoms with Crippen LogP contribution in [0.4, 0.5) is 4.79 Å². The van der Waals surface area contributed by atoms with E-state index in [0.29, 0.717) is 36.4 Å². The summed E-state index contributed by atoms with van der Waals surface area (Å²) in [7, 11) is 3.24. The number of nitrogens with zero attached hydrogens (tertiary/aromatic N) is 2. The molecule has 4 rings (SSSR count). The maximum atomic E-state index is 13.5. The number of esters is 1. The summed E-state index contributed by atoms with van der Waals surface area (Å²) in [6.07, 6.45) is 2.02. The van der Waals surface area contributed by atoms with Gasteiger partial charge in [0.2, 0.25) is 5.91 Å². The van der Waals surface area contributed by atoms with Crippen LogP contribution in [-0.2, 0) is 39.3 Å². The quantitative estimate of drug-likeness (QED) is 0.183. The fourth-order valence-electron chi connectivity index (χ4n) is 5.28. The smallest absolute Gasteiger partial charge is 0.407 e. The maximum Gasteiger partial charge on any atom is 0.407 e. The van der Waals surface area contributed by atoms with E-state index in [4.69, 9.17) is 14.2 Å². The molecule has 1 aromatic heterocycles. The van der Waals surface area contributed by atoms with Crippen LogP contribution in [0.3, 0.4) is 0 Å². The summed E-state index contributed by atoms with van der Waals surface area (Å²) >= 11 is 0. The number of carbonyl (C=O) groups excluding carboxylic acids is 4. The van der Waals surface area contributed by atoms with E-state index >= 15 is 0 Å². The van der Waals surface area contributed by atoms with Gasteiger partial charge in [-0.1, -0.05) is 48.9 Å². The van der Waals surface area contributed by atoms with E-state index in [1.54, 1.807) is 39.3 Å². The lowest BCUT2D eigenvalue weighted by atomic mass is 10.0. The SMILES string of the molecule is COc1ccc(COC(=O)[C@@H]2CCC[C@@H]2NC(=O)[C@H](CCCNC(=O)OCc2ccccc2)NC(=O)c2cc(C)nn2C)cc1. The summed E-state index contributed by atoms with van der Waals surface area (Å²) in [5.74, 6) is -1.02. The maximum absolute atomic E-state index is 13.5. The number of carbonyl (C=O) groups is 4. The number of aryl methyl sites for hydroxylation is 2. The molecule has 3 amide bonds. The van der Waals surface area contributed by atoms with Gasteiger partial charge in [-0.2, -0.15) is 5.10 Å². The predicted molar refractivity (Wildman–Crippen MR) is 165 cm³/mol. The van der Waals surface area contributed by atoms with Crippen molar-refractivity contribution >= 4 is 23.9 Å². The van der Waals surface area contributed by atoms with Gasteiger partial charge in [0.05, 0.1) is 18.7 Å². The Morgan fingerprint density at radius 3 is 2.38 bits per heavy atom. The van der Waals surface area contributed by atoms with Gasteiger partial charge in [-0.3, -0.25) is 19.1 Å². The van der Waals surface area contributed by atoms with E-state index in [0.717, 1.165) is 17.5 Å². The zero-order valence-electron chi connectivity index (χ0n) is 25.9. The molecule has 3 atom stereocenters. The average Bonchev–Trinajstić information content (AvgIpc) is 3.65. The number of benzene rings is 2. The molecule has 1 saturated carbocycles. The molecule has 1 fully saturated rings. The highest BCUT2D eigenvalue weighted by Gasteiger charge is 2.36. The van der Waals surface area contributed by atoms with E-state index in [-0.39, 0.29) is 32.1 Å². The van der Waals surface area contributed by atoms with Gasteiger partial charge in [-0.25, -0.2) is 4.79 Å². The lowest BCUT2D eigenvalue weighted by Crippen LogP contribution is -2.51. The zero-order valence-corrected chi connectivity index (χ0v) is 25.9. The van der Waals surface area contributed by atoms with Crippen LogP contribution in [0.25, 0.3) is 0 Å². The second-order valence-electron chi connectivity index (χ2n) is 11.1. The third-order valence-electron chi connectivity index (χ3n) is 7.69. The van der Waals surface area contributed by atoms with Gasteiger partial charge in [0, 0.05) is 19.6 Å². The number of ether oxygens (including phenoxy) is 3. The lowest BCUT2D eigenvalue weighted by molar-refractivity contribution is -0.150. The Kier molecular flexibility index (Phi) is 11.9. The molecule has 3 N–H and O–H groups in total. The number of hydrogen-bond donors (Lipinski definition) is 3. The van der Waals surface area contributed by atoms with Gasteiger partial charge in [-0.15, -0.1) is 0 Å². The normalized spacial score (nSPS) is 16.3. The summed E-state index contributed by atoms with van der Waals surface area (Å²) in [6, 6.07) is 16.9. The van der Waals surface area contributed by atoms with Crippen molar-refractivity contribution in [2.45, 2.75) is 64.3 Å². The minimum absolute atomic E-state index is 0.115. The van der Waals surface area contributed by atoms with E-state index in [1.807, 2.05) is 42.5 Å². The van der Waals surface area contributed by atoms with Gasteiger partial charge in [-0.05, 0) is 61.9 Å². The molecule has 12 nitrogen and oxygen atoms in total. The number of methoxy groups -OCH3 is 1. The van der Waals surface area contributed by atoms with E-state index in [1.165, 1.54) is 4.68 Å². The number of rotatable bonds is 14. The van der Waals surface area contributed by atoms with Gasteiger partial charge in [0.25, 0.3) is 5.91 Å². The van der Waals surface area contributed by atoms with E-state index < -0.39 is 35.9 Å². The van der Waals surface area contributed by atoms with Crippen LogP contribution in [0.5, 0.6) is 5.75 Å². The van der Waals surface area contributed by atoms with Gasteiger partial charge in [0.15, 0.2) is 0 Å².